The minimum Gasteiger partial charge on any atom is -0.494 e. The smallest absolute Gasteiger partial charge is 0.264 e. The Morgan fingerprint density at radius 1 is 0.907 bits per heavy atom. The third-order valence-corrected chi connectivity index (χ3v) is 9.29. The van der Waals surface area contributed by atoms with Gasteiger partial charge in [0.25, 0.3) is 10.0 Å². The molecule has 0 unspecified atom stereocenters. The average molecular weight is 614 g/mol. The monoisotopic (exact) mass is 613 g/mol. The average Bonchev–Trinajstić information content (AvgIpc) is 3.00. The number of hydrogen-bond donors (Lipinski definition) is 1. The van der Waals surface area contributed by atoms with Gasteiger partial charge in [0, 0.05) is 12.6 Å². The molecule has 1 atom stereocenters. The molecule has 1 fully saturated rings. The highest BCUT2D eigenvalue weighted by molar-refractivity contribution is 7.92. The number of nitrogens with one attached hydrogen (secondary N) is 1. The van der Waals surface area contributed by atoms with E-state index in [2.05, 4.69) is 5.32 Å². The Morgan fingerprint density at radius 3 is 2.07 bits per heavy atom. The Labute approximate surface area is 251 Å². The number of carbonyl (C=O) groups excluding carboxylic acids is 2. The van der Waals surface area contributed by atoms with Crippen LogP contribution in [-0.4, -0.2) is 50.4 Å². The number of rotatable bonds is 12. The summed E-state index contributed by atoms with van der Waals surface area (Å²) in [5, 5.41) is 3.04. The minimum atomic E-state index is -4.34. The predicted molar refractivity (Wildman–Crippen MR) is 160 cm³/mol. The summed E-state index contributed by atoms with van der Waals surface area (Å²) in [6.07, 6.45) is 4.84. The fourth-order valence-electron chi connectivity index (χ4n) is 5.08. The topological polar surface area (TPSA) is 96.0 Å². The molecule has 43 heavy (non-hydrogen) atoms. The number of carbonyl (C=O) groups is 2. The second-order valence-electron chi connectivity index (χ2n) is 10.6. The lowest BCUT2D eigenvalue weighted by atomic mass is 9.95. The highest BCUT2D eigenvalue weighted by Gasteiger charge is 2.33. The van der Waals surface area contributed by atoms with Crippen molar-refractivity contribution in [3.8, 4) is 5.75 Å². The molecule has 3 aromatic carbocycles. The van der Waals surface area contributed by atoms with Crippen molar-refractivity contribution in [1.82, 2.24) is 10.2 Å². The van der Waals surface area contributed by atoms with Crippen LogP contribution in [0.15, 0.2) is 77.7 Å². The number of sulfonamides is 1. The van der Waals surface area contributed by atoms with Gasteiger partial charge in [-0.1, -0.05) is 31.4 Å². The normalized spacial score (nSPS) is 14.5. The van der Waals surface area contributed by atoms with E-state index in [1.807, 2.05) is 6.92 Å². The lowest BCUT2D eigenvalue weighted by Gasteiger charge is -2.33. The van der Waals surface area contributed by atoms with Crippen molar-refractivity contribution in [1.29, 1.82) is 0 Å². The van der Waals surface area contributed by atoms with Crippen LogP contribution in [0.3, 0.4) is 0 Å². The summed E-state index contributed by atoms with van der Waals surface area (Å²) in [4.78, 5) is 28.5. The summed E-state index contributed by atoms with van der Waals surface area (Å²) in [5.74, 6) is -1.53. The van der Waals surface area contributed by atoms with Crippen LogP contribution in [0.25, 0.3) is 0 Å². The van der Waals surface area contributed by atoms with E-state index in [0.29, 0.717) is 17.9 Å². The first kappa shape index (κ1) is 31.9. The fourth-order valence-corrected chi connectivity index (χ4v) is 6.49. The molecule has 2 amide bonds. The largest absolute Gasteiger partial charge is 0.494 e. The molecule has 3 aromatic rings. The van der Waals surface area contributed by atoms with Crippen LogP contribution in [-0.2, 0) is 26.2 Å². The zero-order chi connectivity index (χ0) is 31.0. The first-order valence-corrected chi connectivity index (χ1v) is 15.9. The van der Waals surface area contributed by atoms with Gasteiger partial charge in [0.1, 0.15) is 30.0 Å². The molecule has 1 saturated carbocycles. The molecule has 8 nitrogen and oxygen atoms in total. The van der Waals surface area contributed by atoms with Crippen LogP contribution < -0.4 is 14.4 Å². The standard InChI is InChI=1S/C32H37F2N3O5S/c1-3-42-29-17-15-28(16-18-29)37(43(40,41)30-19-13-26(34)14-20-30)22-31(38)36(21-24-9-11-25(33)12-10-24)23(2)32(39)35-27-7-5-4-6-8-27/h9-20,23,27H,3-8,21-22H2,1-2H3,(H,35,39)/t23-/m0/s1. The van der Waals surface area contributed by atoms with Gasteiger partial charge in [-0.05, 0) is 92.9 Å². The Bertz CT molecular complexity index is 1480. The number of amides is 2. The highest BCUT2D eigenvalue weighted by Crippen LogP contribution is 2.27. The van der Waals surface area contributed by atoms with Gasteiger partial charge in [0.2, 0.25) is 11.8 Å². The van der Waals surface area contributed by atoms with E-state index in [4.69, 9.17) is 4.74 Å². The van der Waals surface area contributed by atoms with Crippen molar-refractivity contribution in [3.05, 3.63) is 90.0 Å². The lowest BCUT2D eigenvalue weighted by Crippen LogP contribution is -2.53. The van der Waals surface area contributed by atoms with Crippen LogP contribution in [0, 0.1) is 11.6 Å². The van der Waals surface area contributed by atoms with Gasteiger partial charge in [0.15, 0.2) is 0 Å². The number of nitrogens with zero attached hydrogens (tertiary/aromatic N) is 2. The number of anilines is 1. The van der Waals surface area contributed by atoms with Crippen molar-refractivity contribution in [2.45, 2.75) is 69.5 Å². The van der Waals surface area contributed by atoms with E-state index < -0.39 is 40.2 Å². The lowest BCUT2D eigenvalue weighted by molar-refractivity contribution is -0.139. The van der Waals surface area contributed by atoms with Gasteiger partial charge >= 0.3 is 0 Å². The maximum absolute atomic E-state index is 14.0. The Kier molecular flexibility index (Phi) is 10.7. The molecular weight excluding hydrogens is 576 g/mol. The van der Waals surface area contributed by atoms with Crippen LogP contribution >= 0.6 is 0 Å². The van der Waals surface area contributed by atoms with E-state index in [-0.39, 0.29) is 29.1 Å². The molecule has 1 N–H and O–H groups in total. The summed E-state index contributed by atoms with van der Waals surface area (Å²) < 4.78 is 61.4. The maximum atomic E-state index is 14.0. The SMILES string of the molecule is CCOc1ccc(N(CC(=O)N(Cc2ccc(F)cc2)[C@@H](C)C(=O)NC2CCCCC2)S(=O)(=O)c2ccc(F)cc2)cc1. The first-order valence-electron chi connectivity index (χ1n) is 14.4. The Hall–Kier alpha value is -3.99. The van der Waals surface area contributed by atoms with E-state index in [0.717, 1.165) is 60.7 Å². The maximum Gasteiger partial charge on any atom is 0.264 e. The zero-order valence-corrected chi connectivity index (χ0v) is 25.2. The predicted octanol–water partition coefficient (Wildman–Crippen LogP) is 5.43. The Balaban J connectivity index is 1.67. The quantitative estimate of drug-likeness (QED) is 0.294. The summed E-state index contributed by atoms with van der Waals surface area (Å²) in [7, 11) is -4.34. The summed E-state index contributed by atoms with van der Waals surface area (Å²) in [5.41, 5.74) is 0.753. The number of hydrogen-bond acceptors (Lipinski definition) is 5. The van der Waals surface area contributed by atoms with Crippen molar-refractivity contribution < 1.29 is 31.5 Å². The minimum absolute atomic E-state index is 0.00526. The van der Waals surface area contributed by atoms with Gasteiger partial charge in [-0.15, -0.1) is 0 Å². The second-order valence-corrected chi connectivity index (χ2v) is 12.4. The first-order chi connectivity index (χ1) is 20.6. The van der Waals surface area contributed by atoms with Crippen LogP contribution in [0.2, 0.25) is 0 Å². The van der Waals surface area contributed by atoms with Crippen LogP contribution in [0.4, 0.5) is 14.5 Å². The van der Waals surface area contributed by atoms with E-state index in [1.165, 1.54) is 41.3 Å². The van der Waals surface area contributed by atoms with Gasteiger partial charge in [0.05, 0.1) is 17.2 Å². The van der Waals surface area contributed by atoms with E-state index in [1.54, 1.807) is 19.1 Å². The Morgan fingerprint density at radius 2 is 1.49 bits per heavy atom. The van der Waals surface area contributed by atoms with Crippen molar-refractivity contribution in [3.63, 3.8) is 0 Å². The van der Waals surface area contributed by atoms with Gasteiger partial charge in [-0.3, -0.25) is 13.9 Å². The zero-order valence-electron chi connectivity index (χ0n) is 24.3. The molecule has 0 saturated heterocycles. The second kappa shape index (κ2) is 14.5. The molecule has 0 spiro atoms. The van der Waals surface area contributed by atoms with Crippen molar-refractivity contribution in [2.75, 3.05) is 17.5 Å². The molecule has 1 aliphatic carbocycles. The number of halogens is 2. The molecule has 0 heterocycles. The van der Waals surface area contributed by atoms with Crippen molar-refractivity contribution in [2.24, 2.45) is 0 Å². The molecule has 1 aliphatic rings. The summed E-state index contributed by atoms with van der Waals surface area (Å²) in [6, 6.07) is 15.1. The van der Waals surface area contributed by atoms with Gasteiger partial charge < -0.3 is 15.0 Å². The molecule has 0 aromatic heterocycles. The van der Waals surface area contributed by atoms with Gasteiger partial charge in [-0.2, -0.15) is 0 Å². The summed E-state index contributed by atoms with van der Waals surface area (Å²) in [6.45, 7) is 3.13. The van der Waals surface area contributed by atoms with Crippen molar-refractivity contribution >= 4 is 27.5 Å². The highest BCUT2D eigenvalue weighted by atomic mass is 32.2. The third-order valence-electron chi connectivity index (χ3n) is 7.50. The van der Waals surface area contributed by atoms with E-state index in [9.17, 15) is 26.8 Å². The number of benzene rings is 3. The van der Waals surface area contributed by atoms with E-state index >= 15 is 0 Å². The molecule has 4 rings (SSSR count). The molecule has 230 valence electrons. The molecular formula is C32H37F2N3O5S. The fraction of sp³-hybridized carbons (Fsp3) is 0.375. The molecule has 0 aliphatic heterocycles. The summed E-state index contributed by atoms with van der Waals surface area (Å²) >= 11 is 0. The molecule has 11 heteroatoms. The number of ether oxygens (including phenoxy) is 1. The molecule has 0 radical (unpaired) electrons. The van der Waals surface area contributed by atoms with Gasteiger partial charge in [-0.25, -0.2) is 17.2 Å². The third kappa shape index (κ3) is 8.31. The molecule has 0 bridgehead atoms. The van der Waals surface area contributed by atoms with Crippen LogP contribution in [0.5, 0.6) is 5.75 Å². The van der Waals surface area contributed by atoms with Crippen LogP contribution in [0.1, 0.15) is 51.5 Å².